The van der Waals surface area contributed by atoms with Crippen molar-refractivity contribution in [2.24, 2.45) is 0 Å². The van der Waals surface area contributed by atoms with Gasteiger partial charge in [0.1, 0.15) is 6.10 Å². The third kappa shape index (κ3) is 3.34. The van der Waals surface area contributed by atoms with Gasteiger partial charge < -0.3 is 9.64 Å². The first-order valence-electron chi connectivity index (χ1n) is 8.37. The zero-order valence-corrected chi connectivity index (χ0v) is 15.0. The summed E-state index contributed by atoms with van der Waals surface area (Å²) in [6.07, 6.45) is 1.34. The average Bonchev–Trinajstić information content (AvgIpc) is 3.08. The Labute approximate surface area is 143 Å². The van der Waals surface area contributed by atoms with Gasteiger partial charge in [0.25, 0.3) is 5.91 Å². The maximum atomic E-state index is 12.8. The highest BCUT2D eigenvalue weighted by Gasteiger charge is 2.34. The molecular formula is C17H24N2O4S. The lowest BCUT2D eigenvalue weighted by Crippen LogP contribution is -2.52. The highest BCUT2D eigenvalue weighted by atomic mass is 32.2. The summed E-state index contributed by atoms with van der Waals surface area (Å²) < 4.78 is 32.6. The number of ether oxygens (including phenoxy) is 1. The number of carbonyl (C=O) groups is 1. The van der Waals surface area contributed by atoms with Gasteiger partial charge in [-0.1, -0.05) is 17.7 Å². The molecule has 6 nitrogen and oxygen atoms in total. The van der Waals surface area contributed by atoms with Gasteiger partial charge in [-0.15, -0.1) is 0 Å². The van der Waals surface area contributed by atoms with Crippen molar-refractivity contribution in [3.63, 3.8) is 0 Å². The summed E-state index contributed by atoms with van der Waals surface area (Å²) in [6, 6.07) is 5.37. The molecule has 3 rings (SSSR count). The third-order valence-corrected chi connectivity index (χ3v) is 6.76. The van der Waals surface area contributed by atoms with Crippen LogP contribution >= 0.6 is 0 Å². The molecule has 0 unspecified atom stereocenters. The molecule has 0 aromatic heterocycles. The second-order valence-corrected chi connectivity index (χ2v) is 8.41. The maximum Gasteiger partial charge on any atom is 0.251 e. The van der Waals surface area contributed by atoms with Crippen molar-refractivity contribution in [2.75, 3.05) is 32.8 Å². The number of amides is 1. The molecule has 2 heterocycles. The highest BCUT2D eigenvalue weighted by Crippen LogP contribution is 2.23. The first kappa shape index (κ1) is 17.4. The molecule has 7 heteroatoms. The van der Waals surface area contributed by atoms with E-state index in [-0.39, 0.29) is 12.0 Å². The van der Waals surface area contributed by atoms with Gasteiger partial charge >= 0.3 is 0 Å². The zero-order chi connectivity index (χ0) is 17.3. The normalized spacial score (nSPS) is 22.8. The van der Waals surface area contributed by atoms with Crippen LogP contribution in [-0.4, -0.2) is 62.4 Å². The molecule has 2 fully saturated rings. The molecule has 1 aromatic rings. The highest BCUT2D eigenvalue weighted by molar-refractivity contribution is 7.89. The largest absolute Gasteiger partial charge is 0.368 e. The lowest BCUT2D eigenvalue weighted by Gasteiger charge is -2.35. The molecule has 0 saturated carbocycles. The van der Waals surface area contributed by atoms with E-state index in [1.54, 1.807) is 11.0 Å². The number of nitrogens with zero attached hydrogens (tertiary/aromatic N) is 2. The van der Waals surface area contributed by atoms with Gasteiger partial charge in [-0.3, -0.25) is 4.79 Å². The minimum Gasteiger partial charge on any atom is -0.368 e. The van der Waals surface area contributed by atoms with Crippen LogP contribution in [0, 0.1) is 13.8 Å². The van der Waals surface area contributed by atoms with Crippen LogP contribution in [0.25, 0.3) is 0 Å². The van der Waals surface area contributed by atoms with Gasteiger partial charge in [0.05, 0.1) is 4.90 Å². The summed E-state index contributed by atoms with van der Waals surface area (Å²) in [5.74, 6) is -0.00364. The molecule has 0 radical (unpaired) electrons. The number of hydrogen-bond acceptors (Lipinski definition) is 4. The Morgan fingerprint density at radius 3 is 2.46 bits per heavy atom. The van der Waals surface area contributed by atoms with Crippen LogP contribution in [0.2, 0.25) is 0 Å². The Morgan fingerprint density at radius 2 is 1.88 bits per heavy atom. The lowest BCUT2D eigenvalue weighted by molar-refractivity contribution is -0.142. The quantitative estimate of drug-likeness (QED) is 0.823. The van der Waals surface area contributed by atoms with E-state index >= 15 is 0 Å². The van der Waals surface area contributed by atoms with Crippen LogP contribution < -0.4 is 0 Å². The van der Waals surface area contributed by atoms with E-state index in [2.05, 4.69) is 0 Å². The van der Waals surface area contributed by atoms with Crippen LogP contribution in [0.3, 0.4) is 0 Å². The van der Waals surface area contributed by atoms with E-state index in [9.17, 15) is 13.2 Å². The Morgan fingerprint density at radius 1 is 1.17 bits per heavy atom. The van der Waals surface area contributed by atoms with Crippen molar-refractivity contribution < 1.29 is 17.9 Å². The molecule has 0 aliphatic carbocycles. The molecule has 1 amide bonds. The van der Waals surface area contributed by atoms with Gasteiger partial charge in [0, 0.05) is 32.8 Å². The van der Waals surface area contributed by atoms with E-state index < -0.39 is 10.0 Å². The van der Waals surface area contributed by atoms with Crippen LogP contribution in [-0.2, 0) is 19.6 Å². The topological polar surface area (TPSA) is 66.9 Å². The Hall–Kier alpha value is -1.44. The number of benzene rings is 1. The number of sulfonamides is 1. The zero-order valence-electron chi connectivity index (χ0n) is 14.2. The van der Waals surface area contributed by atoms with E-state index in [4.69, 9.17) is 4.74 Å². The smallest absolute Gasteiger partial charge is 0.251 e. The molecule has 0 spiro atoms. The minimum atomic E-state index is -3.51. The van der Waals surface area contributed by atoms with Crippen LogP contribution in [0.1, 0.15) is 24.0 Å². The first-order valence-corrected chi connectivity index (χ1v) is 9.81. The number of rotatable bonds is 3. The third-order valence-electron chi connectivity index (χ3n) is 4.70. The SMILES string of the molecule is Cc1ccc(S(=O)(=O)N2CCN(C(=O)[C@H]3CCCO3)CC2)c(C)c1. The summed E-state index contributed by atoms with van der Waals surface area (Å²) in [6.45, 7) is 5.89. The van der Waals surface area contributed by atoms with E-state index in [1.165, 1.54) is 4.31 Å². The number of piperazine rings is 1. The fourth-order valence-corrected chi connectivity index (χ4v) is 4.98. The van der Waals surface area contributed by atoms with Crippen molar-refractivity contribution in [1.29, 1.82) is 0 Å². The summed E-state index contributed by atoms with van der Waals surface area (Å²) in [5, 5.41) is 0. The van der Waals surface area contributed by atoms with E-state index in [1.807, 2.05) is 26.0 Å². The molecule has 2 aliphatic heterocycles. The standard InChI is InChI=1S/C17H24N2O4S/c1-13-5-6-16(14(2)12-13)24(21,22)19-9-7-18(8-10-19)17(20)15-4-3-11-23-15/h5-6,12,15H,3-4,7-11H2,1-2H3/t15-/m1/s1. The van der Waals surface area contributed by atoms with Crippen molar-refractivity contribution in [3.8, 4) is 0 Å². The fraction of sp³-hybridized carbons (Fsp3) is 0.588. The number of aryl methyl sites for hydroxylation is 2. The molecule has 0 bridgehead atoms. The van der Waals surface area contributed by atoms with Gasteiger partial charge in [-0.25, -0.2) is 8.42 Å². The molecule has 0 N–H and O–H groups in total. The summed E-state index contributed by atoms with van der Waals surface area (Å²) >= 11 is 0. The van der Waals surface area contributed by atoms with Gasteiger partial charge in [0.2, 0.25) is 10.0 Å². The molecule has 1 aromatic carbocycles. The van der Waals surface area contributed by atoms with Gasteiger partial charge in [0.15, 0.2) is 0 Å². The van der Waals surface area contributed by atoms with Gasteiger partial charge in [-0.05, 0) is 38.3 Å². The number of carbonyl (C=O) groups excluding carboxylic acids is 1. The molecule has 2 aliphatic rings. The predicted octanol–water partition coefficient (Wildman–Crippen LogP) is 1.32. The monoisotopic (exact) mass is 352 g/mol. The summed E-state index contributed by atoms with van der Waals surface area (Å²) in [5.41, 5.74) is 1.80. The Bertz CT molecular complexity index is 718. The minimum absolute atomic E-state index is 0.00364. The van der Waals surface area contributed by atoms with Gasteiger partial charge in [-0.2, -0.15) is 4.31 Å². The van der Waals surface area contributed by atoms with Crippen LogP contribution in [0.4, 0.5) is 0 Å². The molecule has 24 heavy (non-hydrogen) atoms. The molecule has 132 valence electrons. The van der Waals surface area contributed by atoms with Crippen molar-refractivity contribution in [3.05, 3.63) is 29.3 Å². The Balaban J connectivity index is 1.68. The number of hydrogen-bond donors (Lipinski definition) is 0. The Kier molecular flexibility index (Phi) is 4.94. The second-order valence-electron chi connectivity index (χ2n) is 6.50. The molecule has 1 atom stereocenters. The average molecular weight is 352 g/mol. The van der Waals surface area contributed by atoms with E-state index in [0.29, 0.717) is 37.7 Å². The first-order chi connectivity index (χ1) is 11.4. The summed E-state index contributed by atoms with van der Waals surface area (Å²) in [4.78, 5) is 14.4. The lowest BCUT2D eigenvalue weighted by atomic mass is 10.2. The fourth-order valence-electron chi connectivity index (χ4n) is 3.35. The molecule has 2 saturated heterocycles. The summed E-state index contributed by atoms with van der Waals surface area (Å²) in [7, 11) is -3.51. The molecular weight excluding hydrogens is 328 g/mol. The van der Waals surface area contributed by atoms with Crippen molar-refractivity contribution in [1.82, 2.24) is 9.21 Å². The predicted molar refractivity (Wildman–Crippen MR) is 90.2 cm³/mol. The van der Waals surface area contributed by atoms with Crippen LogP contribution in [0.5, 0.6) is 0 Å². The maximum absolute atomic E-state index is 12.8. The van der Waals surface area contributed by atoms with Crippen LogP contribution in [0.15, 0.2) is 23.1 Å². The van der Waals surface area contributed by atoms with E-state index in [0.717, 1.165) is 24.0 Å². The second kappa shape index (κ2) is 6.82. The van der Waals surface area contributed by atoms with Crippen molar-refractivity contribution >= 4 is 15.9 Å². The van der Waals surface area contributed by atoms with Crippen molar-refractivity contribution in [2.45, 2.75) is 37.7 Å².